The van der Waals surface area contributed by atoms with Gasteiger partial charge in [-0.15, -0.1) is 0 Å². The summed E-state index contributed by atoms with van der Waals surface area (Å²) in [5.74, 6) is -0.139. The second kappa shape index (κ2) is 6.19. The van der Waals surface area contributed by atoms with Crippen LogP contribution in [0.2, 0.25) is 5.02 Å². The van der Waals surface area contributed by atoms with Gasteiger partial charge >= 0.3 is 5.69 Å². The summed E-state index contributed by atoms with van der Waals surface area (Å²) < 4.78 is 4.87. The summed E-state index contributed by atoms with van der Waals surface area (Å²) in [5, 5.41) is 13.9. The number of nitro groups is 1. The number of nitro benzene ring substituents is 1. The van der Waals surface area contributed by atoms with Crippen LogP contribution < -0.4 is 10.1 Å². The monoisotopic (exact) mass is 307 g/mol. The number of pyridine rings is 1. The first kappa shape index (κ1) is 14.7. The van der Waals surface area contributed by atoms with E-state index >= 15 is 0 Å². The number of halogens is 1. The smallest absolute Gasteiger partial charge is 0.311 e. The highest BCUT2D eigenvalue weighted by Gasteiger charge is 2.18. The molecule has 2 rings (SSSR count). The standard InChI is InChI=1S/C13H10ClN3O4/c1-21-11-4-2-8(6-10(11)17(19)20)13(18)16-12-5-3-9(14)7-15-12/h2-7H,1H3,(H,15,16,18). The highest BCUT2D eigenvalue weighted by Crippen LogP contribution is 2.27. The summed E-state index contributed by atoms with van der Waals surface area (Å²) in [6, 6.07) is 7.03. The molecule has 0 aliphatic heterocycles. The van der Waals surface area contributed by atoms with Gasteiger partial charge in [0.25, 0.3) is 5.91 Å². The molecule has 7 nitrogen and oxygen atoms in total. The van der Waals surface area contributed by atoms with Gasteiger partial charge in [0.2, 0.25) is 0 Å². The predicted molar refractivity (Wildman–Crippen MR) is 76.8 cm³/mol. The zero-order chi connectivity index (χ0) is 15.4. The number of methoxy groups -OCH3 is 1. The number of hydrogen-bond acceptors (Lipinski definition) is 5. The van der Waals surface area contributed by atoms with Crippen LogP contribution in [0.5, 0.6) is 5.75 Å². The van der Waals surface area contributed by atoms with Crippen molar-refractivity contribution in [2.75, 3.05) is 12.4 Å². The number of carbonyl (C=O) groups is 1. The van der Waals surface area contributed by atoms with Crippen molar-refractivity contribution < 1.29 is 14.5 Å². The topological polar surface area (TPSA) is 94.4 Å². The lowest BCUT2D eigenvalue weighted by Gasteiger charge is -2.06. The zero-order valence-electron chi connectivity index (χ0n) is 10.9. The van der Waals surface area contributed by atoms with Crippen LogP contribution in [0.25, 0.3) is 0 Å². The fourth-order valence-electron chi connectivity index (χ4n) is 1.61. The third-order valence-electron chi connectivity index (χ3n) is 2.61. The molecule has 1 aromatic heterocycles. The molecule has 0 spiro atoms. The number of hydrogen-bond donors (Lipinski definition) is 1. The molecule has 0 saturated carbocycles. The van der Waals surface area contributed by atoms with Gasteiger partial charge < -0.3 is 10.1 Å². The van der Waals surface area contributed by atoms with Gasteiger partial charge in [-0.1, -0.05) is 11.6 Å². The number of ether oxygens (including phenoxy) is 1. The molecule has 1 N–H and O–H groups in total. The van der Waals surface area contributed by atoms with Crippen molar-refractivity contribution >= 4 is 29.0 Å². The van der Waals surface area contributed by atoms with Crippen molar-refractivity contribution in [3.8, 4) is 5.75 Å². The molecule has 0 unspecified atom stereocenters. The Hall–Kier alpha value is -2.67. The summed E-state index contributed by atoms with van der Waals surface area (Å²) >= 11 is 5.69. The van der Waals surface area contributed by atoms with Crippen LogP contribution in [0.4, 0.5) is 11.5 Å². The van der Waals surface area contributed by atoms with E-state index in [1.165, 1.54) is 31.5 Å². The number of carbonyl (C=O) groups excluding carboxylic acids is 1. The second-order valence-electron chi connectivity index (χ2n) is 3.96. The van der Waals surface area contributed by atoms with Gasteiger partial charge in [-0.2, -0.15) is 0 Å². The normalized spacial score (nSPS) is 10.0. The van der Waals surface area contributed by atoms with E-state index in [2.05, 4.69) is 10.3 Å². The molecule has 1 heterocycles. The number of anilines is 1. The number of benzene rings is 1. The number of amides is 1. The first-order valence-corrected chi connectivity index (χ1v) is 6.14. The first-order valence-electron chi connectivity index (χ1n) is 5.76. The van der Waals surface area contributed by atoms with E-state index in [1.807, 2.05) is 0 Å². The molecule has 108 valence electrons. The molecule has 8 heteroatoms. The number of aromatic nitrogens is 1. The van der Waals surface area contributed by atoms with Crippen LogP contribution in [-0.2, 0) is 0 Å². The summed E-state index contributed by atoms with van der Waals surface area (Å²) in [5.41, 5.74) is -0.159. The Morgan fingerprint density at radius 1 is 1.38 bits per heavy atom. The third kappa shape index (κ3) is 3.46. The Bertz CT molecular complexity index is 688. The average molecular weight is 308 g/mol. The van der Waals surface area contributed by atoms with Crippen LogP contribution >= 0.6 is 11.6 Å². The van der Waals surface area contributed by atoms with Crippen LogP contribution in [0, 0.1) is 10.1 Å². The molecule has 0 bridgehead atoms. The van der Waals surface area contributed by atoms with Gasteiger partial charge in [-0.3, -0.25) is 14.9 Å². The molecule has 0 radical (unpaired) electrons. The third-order valence-corrected chi connectivity index (χ3v) is 2.83. The maximum absolute atomic E-state index is 12.0. The van der Waals surface area contributed by atoms with Gasteiger partial charge in [-0.05, 0) is 24.3 Å². The number of nitrogens with one attached hydrogen (secondary N) is 1. The SMILES string of the molecule is COc1ccc(C(=O)Nc2ccc(Cl)cn2)cc1[N+](=O)[O-]. The van der Waals surface area contributed by atoms with Gasteiger partial charge in [0.15, 0.2) is 5.75 Å². The maximum Gasteiger partial charge on any atom is 0.311 e. The van der Waals surface area contributed by atoms with Crippen LogP contribution in [0.1, 0.15) is 10.4 Å². The molecule has 0 aliphatic rings. The van der Waals surface area contributed by atoms with Crippen LogP contribution in [0.3, 0.4) is 0 Å². The van der Waals surface area contributed by atoms with Crippen molar-refractivity contribution in [3.63, 3.8) is 0 Å². The average Bonchev–Trinajstić information content (AvgIpc) is 2.48. The Kier molecular flexibility index (Phi) is 4.34. The van der Waals surface area contributed by atoms with Crippen molar-refractivity contribution in [2.45, 2.75) is 0 Å². The first-order chi connectivity index (χ1) is 10.0. The van der Waals surface area contributed by atoms with E-state index in [0.717, 1.165) is 6.07 Å². The minimum Gasteiger partial charge on any atom is -0.490 e. The minimum absolute atomic E-state index is 0.0844. The van der Waals surface area contributed by atoms with Gasteiger partial charge in [0.1, 0.15) is 5.82 Å². The quantitative estimate of drug-likeness (QED) is 0.692. The van der Waals surface area contributed by atoms with Gasteiger partial charge in [-0.25, -0.2) is 4.98 Å². The molecular weight excluding hydrogens is 298 g/mol. The van der Waals surface area contributed by atoms with Crippen LogP contribution in [0.15, 0.2) is 36.5 Å². The summed E-state index contributed by atoms with van der Waals surface area (Å²) in [6.07, 6.45) is 1.38. The molecule has 0 atom stereocenters. The number of nitrogens with zero attached hydrogens (tertiary/aromatic N) is 2. The molecule has 21 heavy (non-hydrogen) atoms. The lowest BCUT2D eigenvalue weighted by atomic mass is 10.1. The Morgan fingerprint density at radius 2 is 2.14 bits per heavy atom. The second-order valence-corrected chi connectivity index (χ2v) is 4.40. The fourth-order valence-corrected chi connectivity index (χ4v) is 1.72. The van der Waals surface area contributed by atoms with E-state index < -0.39 is 10.8 Å². The van der Waals surface area contributed by atoms with Crippen LogP contribution in [-0.4, -0.2) is 22.9 Å². The Labute approximate surface area is 124 Å². The van der Waals surface area contributed by atoms with E-state index in [4.69, 9.17) is 16.3 Å². The van der Waals surface area contributed by atoms with Gasteiger partial charge in [0.05, 0.1) is 17.1 Å². The lowest BCUT2D eigenvalue weighted by Crippen LogP contribution is -2.13. The summed E-state index contributed by atoms with van der Waals surface area (Å²) in [7, 11) is 1.32. The van der Waals surface area contributed by atoms with Crippen molar-refractivity contribution in [2.24, 2.45) is 0 Å². The highest BCUT2D eigenvalue weighted by molar-refractivity contribution is 6.30. The molecule has 2 aromatic rings. The molecular formula is C13H10ClN3O4. The lowest BCUT2D eigenvalue weighted by molar-refractivity contribution is -0.385. The molecule has 0 saturated heterocycles. The fraction of sp³-hybridized carbons (Fsp3) is 0.0769. The van der Waals surface area contributed by atoms with Gasteiger partial charge in [0, 0.05) is 17.8 Å². The highest BCUT2D eigenvalue weighted by atomic mass is 35.5. The van der Waals surface area contributed by atoms with E-state index in [9.17, 15) is 14.9 Å². The van der Waals surface area contributed by atoms with E-state index in [1.54, 1.807) is 6.07 Å². The molecule has 0 fully saturated rings. The zero-order valence-corrected chi connectivity index (χ0v) is 11.6. The predicted octanol–water partition coefficient (Wildman–Crippen LogP) is 2.90. The van der Waals surface area contributed by atoms with Crippen molar-refractivity contribution in [1.29, 1.82) is 0 Å². The largest absolute Gasteiger partial charge is 0.490 e. The summed E-state index contributed by atoms with van der Waals surface area (Å²) in [6.45, 7) is 0. The number of rotatable bonds is 4. The molecule has 1 amide bonds. The minimum atomic E-state index is -0.615. The van der Waals surface area contributed by atoms with E-state index in [-0.39, 0.29) is 17.0 Å². The molecule has 0 aliphatic carbocycles. The maximum atomic E-state index is 12.0. The van der Waals surface area contributed by atoms with E-state index in [0.29, 0.717) is 10.8 Å². The Morgan fingerprint density at radius 3 is 2.71 bits per heavy atom. The summed E-state index contributed by atoms with van der Waals surface area (Å²) in [4.78, 5) is 26.2. The van der Waals surface area contributed by atoms with Crippen molar-refractivity contribution in [1.82, 2.24) is 4.98 Å². The van der Waals surface area contributed by atoms with Crippen molar-refractivity contribution in [3.05, 3.63) is 57.2 Å². The molecule has 1 aromatic carbocycles. The Balaban J connectivity index is 2.25.